The normalized spacial score (nSPS) is 16.2. The van der Waals surface area contributed by atoms with Crippen LogP contribution in [0.4, 0.5) is 0 Å². The van der Waals surface area contributed by atoms with Crippen LogP contribution in [0.3, 0.4) is 0 Å². The lowest BCUT2D eigenvalue weighted by atomic mass is 9.99. The van der Waals surface area contributed by atoms with Crippen LogP contribution in [-0.4, -0.2) is 30.4 Å². The predicted molar refractivity (Wildman–Crippen MR) is 103 cm³/mol. The van der Waals surface area contributed by atoms with E-state index in [1.807, 2.05) is 37.3 Å². The highest BCUT2D eigenvalue weighted by Gasteiger charge is 2.17. The summed E-state index contributed by atoms with van der Waals surface area (Å²) in [7, 11) is 0. The van der Waals surface area contributed by atoms with Crippen LogP contribution in [0.15, 0.2) is 60.7 Å². The highest BCUT2D eigenvalue weighted by atomic mass is 35.5. The van der Waals surface area contributed by atoms with Crippen molar-refractivity contribution in [2.24, 2.45) is 0 Å². The van der Waals surface area contributed by atoms with E-state index < -0.39 is 0 Å². The van der Waals surface area contributed by atoms with Crippen molar-refractivity contribution in [3.05, 3.63) is 76.8 Å². The van der Waals surface area contributed by atoms with Gasteiger partial charge in [-0.25, -0.2) is 0 Å². The van der Waals surface area contributed by atoms with Crippen molar-refractivity contribution in [2.75, 3.05) is 19.6 Å². The molecule has 1 aliphatic heterocycles. The molecule has 3 rings (SSSR count). The maximum absolute atomic E-state index is 12.3. The topological polar surface area (TPSA) is 32.3 Å². The molecule has 2 aromatic rings. The Hall–Kier alpha value is -2.10. The van der Waals surface area contributed by atoms with Gasteiger partial charge in [0, 0.05) is 18.1 Å². The van der Waals surface area contributed by atoms with Crippen LogP contribution in [0, 0.1) is 0 Å². The monoisotopic (exact) mass is 354 g/mol. The first kappa shape index (κ1) is 17.7. The molecule has 0 spiro atoms. The molecule has 0 saturated carbocycles. The lowest BCUT2D eigenvalue weighted by Crippen LogP contribution is -2.40. The van der Waals surface area contributed by atoms with Gasteiger partial charge >= 0.3 is 0 Å². The van der Waals surface area contributed by atoms with Crippen LogP contribution >= 0.6 is 11.6 Å². The number of carbonyl (C=O) groups excluding carboxylic acids is 1. The van der Waals surface area contributed by atoms with E-state index in [0.29, 0.717) is 11.6 Å². The Morgan fingerprint density at radius 3 is 2.52 bits per heavy atom. The molecule has 0 fully saturated rings. The van der Waals surface area contributed by atoms with Gasteiger partial charge < -0.3 is 5.32 Å². The fourth-order valence-electron chi connectivity index (χ4n) is 3.09. The number of rotatable bonds is 5. The molecule has 0 unspecified atom stereocenters. The minimum absolute atomic E-state index is 0.0232. The van der Waals surface area contributed by atoms with E-state index in [1.54, 1.807) is 0 Å². The maximum atomic E-state index is 12.3. The molecule has 25 heavy (non-hydrogen) atoms. The highest BCUT2D eigenvalue weighted by Crippen LogP contribution is 2.22. The summed E-state index contributed by atoms with van der Waals surface area (Å²) in [4.78, 5) is 14.5. The lowest BCUT2D eigenvalue weighted by molar-refractivity contribution is -0.122. The number of hydrogen-bond donors (Lipinski definition) is 1. The molecule has 4 heteroatoms. The molecular weight excluding hydrogens is 332 g/mol. The van der Waals surface area contributed by atoms with Gasteiger partial charge in [-0.05, 0) is 42.2 Å². The summed E-state index contributed by atoms with van der Waals surface area (Å²) in [6.07, 6.45) is 3.21. The Morgan fingerprint density at radius 1 is 1.16 bits per heavy atom. The molecule has 1 heterocycles. The van der Waals surface area contributed by atoms with Crippen molar-refractivity contribution < 1.29 is 4.79 Å². The van der Waals surface area contributed by atoms with Gasteiger partial charge in [-0.1, -0.05) is 60.1 Å². The van der Waals surface area contributed by atoms with E-state index in [4.69, 9.17) is 11.6 Å². The Kier molecular flexibility index (Phi) is 5.90. The third-order valence-electron chi connectivity index (χ3n) is 4.55. The molecule has 0 radical (unpaired) electrons. The molecule has 0 aromatic heterocycles. The number of halogens is 1. The second kappa shape index (κ2) is 8.32. The van der Waals surface area contributed by atoms with Crippen LogP contribution in [0.2, 0.25) is 5.02 Å². The van der Waals surface area contributed by atoms with Gasteiger partial charge in [0.2, 0.25) is 5.91 Å². The van der Waals surface area contributed by atoms with E-state index in [0.717, 1.165) is 25.1 Å². The predicted octanol–water partition coefficient (Wildman–Crippen LogP) is 4.31. The van der Waals surface area contributed by atoms with Crippen molar-refractivity contribution in [3.63, 3.8) is 0 Å². The van der Waals surface area contributed by atoms with E-state index in [1.165, 1.54) is 11.1 Å². The van der Waals surface area contributed by atoms with E-state index in [9.17, 15) is 4.79 Å². The quantitative estimate of drug-likeness (QED) is 0.867. The molecule has 1 atom stereocenters. The highest BCUT2D eigenvalue weighted by molar-refractivity contribution is 6.30. The summed E-state index contributed by atoms with van der Waals surface area (Å²) < 4.78 is 0. The zero-order valence-corrected chi connectivity index (χ0v) is 15.2. The molecule has 2 aromatic carbocycles. The molecule has 1 amide bonds. The van der Waals surface area contributed by atoms with E-state index in [-0.39, 0.29) is 11.9 Å². The number of carbonyl (C=O) groups is 1. The molecule has 0 saturated heterocycles. The minimum Gasteiger partial charge on any atom is -0.348 e. The van der Waals surface area contributed by atoms with Gasteiger partial charge in [-0.15, -0.1) is 0 Å². The fourth-order valence-corrected chi connectivity index (χ4v) is 3.22. The third-order valence-corrected chi connectivity index (χ3v) is 4.80. The SMILES string of the molecule is C[C@@H](NC(=O)CN1CC=C(c2ccccc2)CC1)c1ccc(Cl)cc1. The minimum atomic E-state index is -0.0232. The van der Waals surface area contributed by atoms with Gasteiger partial charge in [0.05, 0.1) is 12.6 Å². The Morgan fingerprint density at radius 2 is 1.88 bits per heavy atom. The molecule has 0 aliphatic carbocycles. The maximum Gasteiger partial charge on any atom is 0.234 e. The zero-order chi connectivity index (χ0) is 17.6. The number of benzene rings is 2. The van der Waals surface area contributed by atoms with Crippen molar-refractivity contribution in [1.82, 2.24) is 10.2 Å². The summed E-state index contributed by atoms with van der Waals surface area (Å²) in [6.45, 7) is 4.14. The van der Waals surface area contributed by atoms with E-state index >= 15 is 0 Å². The van der Waals surface area contributed by atoms with Crippen LogP contribution < -0.4 is 5.32 Å². The molecule has 0 bridgehead atoms. The molecule has 1 N–H and O–H groups in total. The molecule has 1 aliphatic rings. The van der Waals surface area contributed by atoms with Gasteiger partial charge in [0.15, 0.2) is 0 Å². The molecular formula is C21H23ClN2O. The van der Waals surface area contributed by atoms with Crippen LogP contribution in [0.25, 0.3) is 5.57 Å². The Balaban J connectivity index is 1.51. The summed E-state index contributed by atoms with van der Waals surface area (Å²) in [6, 6.07) is 18.0. The fraction of sp³-hybridized carbons (Fsp3) is 0.286. The number of nitrogens with one attached hydrogen (secondary N) is 1. The summed E-state index contributed by atoms with van der Waals surface area (Å²) in [5.41, 5.74) is 3.71. The standard InChI is InChI=1S/C21H23ClN2O/c1-16(17-7-9-20(22)10-8-17)23-21(25)15-24-13-11-19(12-14-24)18-5-3-2-4-6-18/h2-11,16H,12-15H2,1H3,(H,23,25)/t16-/m1/s1. The average Bonchev–Trinajstić information content (AvgIpc) is 2.63. The summed E-state index contributed by atoms with van der Waals surface area (Å²) >= 11 is 5.91. The Labute approximate surface area is 154 Å². The van der Waals surface area contributed by atoms with Gasteiger partial charge in [-0.3, -0.25) is 9.69 Å². The first-order valence-corrected chi connectivity index (χ1v) is 9.01. The first-order chi connectivity index (χ1) is 12.1. The number of hydrogen-bond acceptors (Lipinski definition) is 2. The molecule has 3 nitrogen and oxygen atoms in total. The van der Waals surface area contributed by atoms with Gasteiger partial charge in [-0.2, -0.15) is 0 Å². The number of nitrogens with zero attached hydrogens (tertiary/aromatic N) is 1. The summed E-state index contributed by atoms with van der Waals surface area (Å²) in [5.74, 6) is 0.0546. The van der Waals surface area contributed by atoms with Crippen LogP contribution in [-0.2, 0) is 4.79 Å². The second-order valence-corrected chi connectivity index (χ2v) is 6.86. The first-order valence-electron chi connectivity index (χ1n) is 8.63. The third kappa shape index (κ3) is 4.94. The van der Waals surface area contributed by atoms with Gasteiger partial charge in [0.1, 0.15) is 0 Å². The largest absolute Gasteiger partial charge is 0.348 e. The lowest BCUT2D eigenvalue weighted by Gasteiger charge is -2.26. The zero-order valence-electron chi connectivity index (χ0n) is 14.4. The van der Waals surface area contributed by atoms with Crippen molar-refractivity contribution in [3.8, 4) is 0 Å². The van der Waals surface area contributed by atoms with Gasteiger partial charge in [0.25, 0.3) is 0 Å². The number of amides is 1. The van der Waals surface area contributed by atoms with Crippen LogP contribution in [0.1, 0.15) is 30.5 Å². The molecule has 130 valence electrons. The van der Waals surface area contributed by atoms with Crippen molar-refractivity contribution >= 4 is 23.1 Å². The second-order valence-electron chi connectivity index (χ2n) is 6.42. The Bertz CT molecular complexity index is 740. The summed E-state index contributed by atoms with van der Waals surface area (Å²) in [5, 5.41) is 3.77. The average molecular weight is 355 g/mol. The van der Waals surface area contributed by atoms with Crippen LogP contribution in [0.5, 0.6) is 0 Å². The van der Waals surface area contributed by atoms with Crippen molar-refractivity contribution in [1.29, 1.82) is 0 Å². The van der Waals surface area contributed by atoms with E-state index in [2.05, 4.69) is 40.6 Å². The smallest absolute Gasteiger partial charge is 0.234 e. The van der Waals surface area contributed by atoms with Crippen molar-refractivity contribution in [2.45, 2.75) is 19.4 Å².